The normalized spacial score (nSPS) is 11.5. The van der Waals surface area contributed by atoms with Crippen LogP contribution < -0.4 is 10.6 Å². The maximum Gasteiger partial charge on any atom is 0.405 e. The number of carbonyl (C=O) groups is 2. The molecule has 0 unspecified atom stereocenters. The first-order chi connectivity index (χ1) is 14.3. The minimum atomic E-state index is -4.57. The monoisotopic (exact) mass is 423 g/mol. The number of aliphatic hydroxyl groups is 1. The van der Waals surface area contributed by atoms with Crippen molar-refractivity contribution in [2.75, 3.05) is 26.2 Å². The molecular formula is C21H24F3N3O3. The molecule has 9 heteroatoms. The maximum absolute atomic E-state index is 12.4. The van der Waals surface area contributed by atoms with Crippen LogP contribution in [0.2, 0.25) is 0 Å². The lowest BCUT2D eigenvalue weighted by Gasteiger charge is -2.32. The van der Waals surface area contributed by atoms with E-state index in [-0.39, 0.29) is 19.2 Å². The fourth-order valence-electron chi connectivity index (χ4n) is 3.03. The maximum atomic E-state index is 12.4. The number of amides is 3. The predicted molar refractivity (Wildman–Crippen MR) is 106 cm³/mol. The molecule has 0 bridgehead atoms. The van der Waals surface area contributed by atoms with Gasteiger partial charge in [0.15, 0.2) is 0 Å². The second-order valence-corrected chi connectivity index (χ2v) is 6.62. The number of aliphatic hydroxyl groups excluding tert-OH is 1. The molecular weight excluding hydrogens is 399 g/mol. The van der Waals surface area contributed by atoms with Crippen LogP contribution in [0.15, 0.2) is 60.7 Å². The first-order valence-corrected chi connectivity index (χ1v) is 9.39. The lowest BCUT2D eigenvalue weighted by Crippen LogP contribution is -2.47. The summed E-state index contributed by atoms with van der Waals surface area (Å²) in [4.78, 5) is 25.7. The van der Waals surface area contributed by atoms with E-state index in [2.05, 4.69) is 0 Å². The van der Waals surface area contributed by atoms with Crippen LogP contribution in [-0.2, 0) is 4.79 Å². The van der Waals surface area contributed by atoms with Crippen LogP contribution >= 0.6 is 0 Å². The molecule has 162 valence electrons. The zero-order valence-corrected chi connectivity index (χ0v) is 16.2. The highest BCUT2D eigenvalue weighted by molar-refractivity contribution is 5.95. The molecule has 0 atom stereocenters. The molecule has 0 fully saturated rings. The van der Waals surface area contributed by atoms with Gasteiger partial charge in [0.25, 0.3) is 0 Å². The van der Waals surface area contributed by atoms with Crippen LogP contribution in [0, 0.1) is 0 Å². The van der Waals surface area contributed by atoms with Crippen LogP contribution in [0.3, 0.4) is 0 Å². The van der Waals surface area contributed by atoms with E-state index in [1.807, 2.05) is 66.0 Å². The summed E-state index contributed by atoms with van der Waals surface area (Å²) < 4.78 is 36.7. The molecule has 3 N–H and O–H groups in total. The Morgan fingerprint density at radius 1 is 0.967 bits per heavy atom. The van der Waals surface area contributed by atoms with Gasteiger partial charge in [0, 0.05) is 13.2 Å². The number of alkyl halides is 3. The van der Waals surface area contributed by atoms with Gasteiger partial charge in [0.2, 0.25) is 5.91 Å². The van der Waals surface area contributed by atoms with E-state index in [9.17, 15) is 27.9 Å². The molecule has 6 nitrogen and oxygen atoms in total. The number of benzene rings is 2. The highest BCUT2D eigenvalue weighted by atomic mass is 19.4. The number of hydrogen-bond acceptors (Lipinski definition) is 4. The van der Waals surface area contributed by atoms with Crippen molar-refractivity contribution in [3.05, 3.63) is 71.8 Å². The molecule has 0 aliphatic carbocycles. The van der Waals surface area contributed by atoms with Crippen molar-refractivity contribution in [3.8, 4) is 0 Å². The number of carbonyl (C=O) groups excluding carboxylic acids is 2. The average Bonchev–Trinajstić information content (AvgIpc) is 2.71. The number of rotatable bonds is 9. The Labute approximate surface area is 172 Å². The standard InChI is InChI=1S/C21H24F3N3O3/c22-21(23,24)15-25-20(30)26-18(29)14-27(12-7-13-28)19(16-8-3-1-4-9-16)17-10-5-2-6-11-17/h1-6,8-11,19,28H,7,12-15H2,(H2,25,26,29,30). The Morgan fingerprint density at radius 3 is 1.97 bits per heavy atom. The Hall–Kier alpha value is -2.91. The van der Waals surface area contributed by atoms with Gasteiger partial charge in [-0.3, -0.25) is 15.0 Å². The van der Waals surface area contributed by atoms with E-state index < -0.39 is 24.7 Å². The number of nitrogens with one attached hydrogen (secondary N) is 2. The molecule has 0 saturated carbocycles. The minimum absolute atomic E-state index is 0.0967. The van der Waals surface area contributed by atoms with E-state index in [0.29, 0.717) is 13.0 Å². The molecule has 0 saturated heterocycles. The van der Waals surface area contributed by atoms with Crippen LogP contribution in [0.4, 0.5) is 18.0 Å². The highest BCUT2D eigenvalue weighted by Gasteiger charge is 2.29. The zero-order chi connectivity index (χ0) is 22.0. The summed E-state index contributed by atoms with van der Waals surface area (Å²) in [6, 6.07) is 17.2. The lowest BCUT2D eigenvalue weighted by atomic mass is 9.96. The third-order valence-electron chi connectivity index (χ3n) is 4.25. The quantitative estimate of drug-likeness (QED) is 0.579. The molecule has 2 aromatic rings. The smallest absolute Gasteiger partial charge is 0.396 e. The van der Waals surface area contributed by atoms with Gasteiger partial charge in [0.05, 0.1) is 12.6 Å². The number of hydrogen-bond donors (Lipinski definition) is 3. The van der Waals surface area contributed by atoms with E-state index in [1.54, 1.807) is 10.2 Å². The van der Waals surface area contributed by atoms with Gasteiger partial charge in [0.1, 0.15) is 6.54 Å². The summed E-state index contributed by atoms with van der Waals surface area (Å²) >= 11 is 0. The second kappa shape index (κ2) is 11.3. The molecule has 30 heavy (non-hydrogen) atoms. The molecule has 0 aromatic heterocycles. The Balaban J connectivity index is 2.18. The van der Waals surface area contributed by atoms with Gasteiger partial charge in [-0.2, -0.15) is 13.2 Å². The Kier molecular flexibility index (Phi) is 8.82. The Morgan fingerprint density at radius 2 is 1.50 bits per heavy atom. The number of imide groups is 1. The van der Waals surface area contributed by atoms with Crippen molar-refractivity contribution in [1.82, 2.24) is 15.5 Å². The van der Waals surface area contributed by atoms with Crippen molar-refractivity contribution in [1.29, 1.82) is 0 Å². The first-order valence-electron chi connectivity index (χ1n) is 9.39. The van der Waals surface area contributed by atoms with Crippen molar-refractivity contribution < 1.29 is 27.9 Å². The van der Waals surface area contributed by atoms with Gasteiger partial charge in [-0.05, 0) is 17.5 Å². The van der Waals surface area contributed by atoms with Gasteiger partial charge in [-0.15, -0.1) is 0 Å². The van der Waals surface area contributed by atoms with Crippen molar-refractivity contribution in [2.24, 2.45) is 0 Å². The van der Waals surface area contributed by atoms with Gasteiger partial charge < -0.3 is 10.4 Å². The third kappa shape index (κ3) is 7.84. The predicted octanol–water partition coefficient (Wildman–Crippen LogP) is 2.85. The van der Waals surface area contributed by atoms with E-state index in [4.69, 9.17) is 0 Å². The highest BCUT2D eigenvalue weighted by Crippen LogP contribution is 2.28. The van der Waals surface area contributed by atoms with E-state index >= 15 is 0 Å². The molecule has 0 spiro atoms. The minimum Gasteiger partial charge on any atom is -0.396 e. The third-order valence-corrected chi connectivity index (χ3v) is 4.25. The number of halogens is 3. The summed E-state index contributed by atoms with van der Waals surface area (Å²) in [5.41, 5.74) is 1.80. The molecule has 0 radical (unpaired) electrons. The topological polar surface area (TPSA) is 81.7 Å². The SMILES string of the molecule is O=C(CN(CCCO)C(c1ccccc1)c1ccccc1)NC(=O)NCC(F)(F)F. The summed E-state index contributed by atoms with van der Waals surface area (Å²) in [5, 5.41) is 12.8. The first kappa shape index (κ1) is 23.4. The fourth-order valence-corrected chi connectivity index (χ4v) is 3.03. The number of nitrogens with zero attached hydrogens (tertiary/aromatic N) is 1. The van der Waals surface area contributed by atoms with Crippen molar-refractivity contribution in [2.45, 2.75) is 18.6 Å². The fraction of sp³-hybridized carbons (Fsp3) is 0.333. The van der Waals surface area contributed by atoms with Crippen molar-refractivity contribution >= 4 is 11.9 Å². The molecule has 2 aromatic carbocycles. The van der Waals surface area contributed by atoms with Crippen molar-refractivity contribution in [3.63, 3.8) is 0 Å². The lowest BCUT2D eigenvalue weighted by molar-refractivity contribution is -0.125. The summed E-state index contributed by atoms with van der Waals surface area (Å²) in [6.07, 6.45) is -4.19. The second-order valence-electron chi connectivity index (χ2n) is 6.62. The van der Waals surface area contributed by atoms with Gasteiger partial charge in [-0.1, -0.05) is 60.7 Å². The summed E-state index contributed by atoms with van der Waals surface area (Å²) in [7, 11) is 0. The van der Waals surface area contributed by atoms with Gasteiger partial charge >= 0.3 is 12.2 Å². The molecule has 0 aliphatic heterocycles. The molecule has 3 amide bonds. The van der Waals surface area contributed by atoms with E-state index in [0.717, 1.165) is 11.1 Å². The molecule has 0 heterocycles. The summed E-state index contributed by atoms with van der Waals surface area (Å²) in [6.45, 7) is -1.53. The van der Waals surface area contributed by atoms with Crippen LogP contribution in [0.1, 0.15) is 23.6 Å². The zero-order valence-electron chi connectivity index (χ0n) is 16.2. The Bertz CT molecular complexity index is 762. The van der Waals surface area contributed by atoms with Crippen LogP contribution in [-0.4, -0.2) is 54.4 Å². The largest absolute Gasteiger partial charge is 0.405 e. The summed E-state index contributed by atoms with van der Waals surface area (Å²) in [5.74, 6) is -0.746. The van der Waals surface area contributed by atoms with Gasteiger partial charge in [-0.25, -0.2) is 4.79 Å². The average molecular weight is 423 g/mol. The van der Waals surface area contributed by atoms with Crippen LogP contribution in [0.25, 0.3) is 0 Å². The molecule has 2 rings (SSSR count). The molecule has 0 aliphatic rings. The number of urea groups is 1. The van der Waals surface area contributed by atoms with E-state index in [1.165, 1.54) is 0 Å². The van der Waals surface area contributed by atoms with Crippen LogP contribution in [0.5, 0.6) is 0 Å².